The summed E-state index contributed by atoms with van der Waals surface area (Å²) < 4.78 is 5.66. The van der Waals surface area contributed by atoms with Gasteiger partial charge in [-0.15, -0.1) is 0 Å². The van der Waals surface area contributed by atoms with Crippen LogP contribution in [0.5, 0.6) is 5.75 Å². The van der Waals surface area contributed by atoms with Crippen molar-refractivity contribution in [1.82, 2.24) is 0 Å². The van der Waals surface area contributed by atoms with Gasteiger partial charge in [0.1, 0.15) is 5.75 Å². The molecule has 1 amide bonds. The highest BCUT2D eigenvalue weighted by Gasteiger charge is 2.15. The second-order valence-corrected chi connectivity index (χ2v) is 6.35. The number of hydrogen-bond donors (Lipinski definition) is 0. The van der Waals surface area contributed by atoms with Crippen molar-refractivity contribution >= 4 is 11.6 Å². The van der Waals surface area contributed by atoms with Gasteiger partial charge in [0.25, 0.3) is 5.91 Å². The number of benzene rings is 2. The number of amides is 1. The predicted molar refractivity (Wildman–Crippen MR) is 90.5 cm³/mol. The van der Waals surface area contributed by atoms with E-state index < -0.39 is 0 Å². The molecular formula is C19H23NO2. The van der Waals surface area contributed by atoms with E-state index in [1.54, 1.807) is 11.9 Å². The number of nitrogens with zero attached hydrogens (tertiary/aromatic N) is 1. The first kappa shape index (κ1) is 16.1. The highest BCUT2D eigenvalue weighted by Crippen LogP contribution is 2.25. The SMILES string of the molecule is CN(C(=O)COc1cccc(C(C)(C)C)c1)c1ccccc1. The lowest BCUT2D eigenvalue weighted by Gasteiger charge is -2.20. The minimum Gasteiger partial charge on any atom is -0.484 e. The summed E-state index contributed by atoms with van der Waals surface area (Å²) in [6.07, 6.45) is 0. The van der Waals surface area contributed by atoms with Crippen molar-refractivity contribution in [3.63, 3.8) is 0 Å². The molecule has 0 spiro atoms. The van der Waals surface area contributed by atoms with Crippen LogP contribution in [0.3, 0.4) is 0 Å². The minimum absolute atomic E-state index is 0.0268. The maximum Gasteiger partial charge on any atom is 0.264 e. The molecule has 0 aliphatic heterocycles. The van der Waals surface area contributed by atoms with Crippen LogP contribution in [-0.2, 0) is 10.2 Å². The van der Waals surface area contributed by atoms with Crippen LogP contribution in [0.15, 0.2) is 54.6 Å². The third-order valence-electron chi connectivity index (χ3n) is 3.58. The Labute approximate surface area is 132 Å². The zero-order chi connectivity index (χ0) is 16.2. The largest absolute Gasteiger partial charge is 0.484 e. The van der Waals surface area contributed by atoms with Gasteiger partial charge in [0.2, 0.25) is 0 Å². The molecule has 0 aliphatic carbocycles. The summed E-state index contributed by atoms with van der Waals surface area (Å²) in [5, 5.41) is 0. The summed E-state index contributed by atoms with van der Waals surface area (Å²) in [5.41, 5.74) is 2.11. The predicted octanol–water partition coefficient (Wildman–Crippen LogP) is 4.03. The number of carbonyl (C=O) groups excluding carboxylic acids is 1. The molecule has 3 heteroatoms. The molecule has 0 aliphatic rings. The lowest BCUT2D eigenvalue weighted by atomic mass is 9.87. The lowest BCUT2D eigenvalue weighted by Crippen LogP contribution is -2.31. The van der Waals surface area contributed by atoms with Crippen LogP contribution in [0.25, 0.3) is 0 Å². The second-order valence-electron chi connectivity index (χ2n) is 6.35. The normalized spacial score (nSPS) is 11.1. The average Bonchev–Trinajstić information content (AvgIpc) is 2.52. The van der Waals surface area contributed by atoms with Crippen LogP contribution in [0.2, 0.25) is 0 Å². The van der Waals surface area contributed by atoms with E-state index in [-0.39, 0.29) is 17.9 Å². The first-order valence-electron chi connectivity index (χ1n) is 7.43. The van der Waals surface area contributed by atoms with Gasteiger partial charge in [-0.1, -0.05) is 51.1 Å². The fourth-order valence-electron chi connectivity index (χ4n) is 2.09. The quantitative estimate of drug-likeness (QED) is 0.853. The van der Waals surface area contributed by atoms with Crippen LogP contribution in [0, 0.1) is 0 Å². The van der Waals surface area contributed by atoms with Gasteiger partial charge >= 0.3 is 0 Å². The van der Waals surface area contributed by atoms with Crippen LogP contribution in [0.1, 0.15) is 26.3 Å². The Kier molecular flexibility index (Phi) is 4.86. The first-order chi connectivity index (χ1) is 10.4. The molecule has 0 atom stereocenters. The molecule has 116 valence electrons. The molecule has 0 saturated carbocycles. The second kappa shape index (κ2) is 6.65. The van der Waals surface area contributed by atoms with E-state index in [0.29, 0.717) is 0 Å². The van der Waals surface area contributed by atoms with Crippen molar-refractivity contribution in [3.05, 3.63) is 60.2 Å². The molecule has 0 bridgehead atoms. The molecule has 0 radical (unpaired) electrons. The molecule has 2 aromatic rings. The molecule has 0 heterocycles. The standard InChI is InChI=1S/C19H23NO2/c1-19(2,3)15-9-8-12-17(13-15)22-14-18(21)20(4)16-10-6-5-7-11-16/h5-13H,14H2,1-4H3. The Morgan fingerprint density at radius 1 is 1.05 bits per heavy atom. The topological polar surface area (TPSA) is 29.5 Å². The first-order valence-corrected chi connectivity index (χ1v) is 7.43. The van der Waals surface area contributed by atoms with Gasteiger partial charge in [0.05, 0.1) is 0 Å². The number of carbonyl (C=O) groups is 1. The summed E-state index contributed by atoms with van der Waals surface area (Å²) in [6, 6.07) is 17.5. The number of para-hydroxylation sites is 1. The fourth-order valence-corrected chi connectivity index (χ4v) is 2.09. The van der Waals surface area contributed by atoms with Gasteiger partial charge in [-0.3, -0.25) is 4.79 Å². The van der Waals surface area contributed by atoms with E-state index in [2.05, 4.69) is 26.8 Å². The summed E-state index contributed by atoms with van der Waals surface area (Å²) >= 11 is 0. The average molecular weight is 297 g/mol. The van der Waals surface area contributed by atoms with Crippen LogP contribution in [0.4, 0.5) is 5.69 Å². The Balaban J connectivity index is 2.00. The molecule has 0 saturated heterocycles. The zero-order valence-corrected chi connectivity index (χ0v) is 13.7. The maximum atomic E-state index is 12.2. The van der Waals surface area contributed by atoms with Crippen molar-refractivity contribution in [2.75, 3.05) is 18.6 Å². The van der Waals surface area contributed by atoms with E-state index in [4.69, 9.17) is 4.74 Å². The van der Waals surface area contributed by atoms with E-state index in [0.717, 1.165) is 11.4 Å². The molecule has 2 aromatic carbocycles. The molecular weight excluding hydrogens is 274 g/mol. The zero-order valence-electron chi connectivity index (χ0n) is 13.7. The summed E-state index contributed by atoms with van der Waals surface area (Å²) in [5.74, 6) is 0.648. The van der Waals surface area contributed by atoms with E-state index in [1.807, 2.05) is 48.5 Å². The van der Waals surface area contributed by atoms with Crippen LogP contribution < -0.4 is 9.64 Å². The molecule has 0 fully saturated rings. The fraction of sp³-hybridized carbons (Fsp3) is 0.316. The highest BCUT2D eigenvalue weighted by atomic mass is 16.5. The Bertz CT molecular complexity index is 629. The van der Waals surface area contributed by atoms with E-state index >= 15 is 0 Å². The van der Waals surface area contributed by atoms with Gasteiger partial charge in [-0.05, 0) is 35.2 Å². The number of likely N-dealkylation sites (N-methyl/N-ethyl adjacent to an activating group) is 1. The minimum atomic E-state index is -0.0765. The third-order valence-corrected chi connectivity index (χ3v) is 3.58. The van der Waals surface area contributed by atoms with Crippen LogP contribution >= 0.6 is 0 Å². The molecule has 2 rings (SSSR count). The van der Waals surface area contributed by atoms with E-state index in [1.165, 1.54) is 5.56 Å². The van der Waals surface area contributed by atoms with Gasteiger partial charge in [-0.25, -0.2) is 0 Å². The Morgan fingerprint density at radius 3 is 2.36 bits per heavy atom. The Morgan fingerprint density at radius 2 is 1.73 bits per heavy atom. The molecule has 0 unspecified atom stereocenters. The van der Waals surface area contributed by atoms with Crippen molar-refractivity contribution in [2.45, 2.75) is 26.2 Å². The van der Waals surface area contributed by atoms with Crippen LogP contribution in [-0.4, -0.2) is 19.6 Å². The van der Waals surface area contributed by atoms with Gasteiger partial charge < -0.3 is 9.64 Å². The summed E-state index contributed by atoms with van der Waals surface area (Å²) in [6.45, 7) is 6.49. The molecule has 0 aromatic heterocycles. The van der Waals surface area contributed by atoms with E-state index in [9.17, 15) is 4.79 Å². The monoisotopic (exact) mass is 297 g/mol. The number of ether oxygens (including phenoxy) is 1. The molecule has 3 nitrogen and oxygen atoms in total. The number of anilines is 1. The smallest absolute Gasteiger partial charge is 0.264 e. The maximum absolute atomic E-state index is 12.2. The number of rotatable bonds is 4. The number of hydrogen-bond acceptors (Lipinski definition) is 2. The highest BCUT2D eigenvalue weighted by molar-refractivity contribution is 5.93. The van der Waals surface area contributed by atoms with Gasteiger partial charge in [-0.2, -0.15) is 0 Å². The van der Waals surface area contributed by atoms with Crippen molar-refractivity contribution in [2.24, 2.45) is 0 Å². The van der Waals surface area contributed by atoms with Crippen molar-refractivity contribution in [3.8, 4) is 5.75 Å². The van der Waals surface area contributed by atoms with Crippen molar-refractivity contribution < 1.29 is 9.53 Å². The summed E-state index contributed by atoms with van der Waals surface area (Å²) in [7, 11) is 1.76. The van der Waals surface area contributed by atoms with Crippen molar-refractivity contribution in [1.29, 1.82) is 0 Å². The van der Waals surface area contributed by atoms with Gasteiger partial charge in [0.15, 0.2) is 6.61 Å². The molecule has 22 heavy (non-hydrogen) atoms. The third kappa shape index (κ3) is 4.10. The Hall–Kier alpha value is -2.29. The molecule has 0 N–H and O–H groups in total. The van der Waals surface area contributed by atoms with Gasteiger partial charge in [0, 0.05) is 12.7 Å². The summed E-state index contributed by atoms with van der Waals surface area (Å²) in [4.78, 5) is 13.8. The lowest BCUT2D eigenvalue weighted by molar-refractivity contribution is -0.120.